The second-order valence-corrected chi connectivity index (χ2v) is 7.16. The molecule has 1 aliphatic rings. The van der Waals surface area contributed by atoms with E-state index < -0.39 is 39.5 Å². The minimum absolute atomic E-state index is 0.0165. The Kier molecular flexibility index (Phi) is 4.61. The first kappa shape index (κ1) is 18.2. The van der Waals surface area contributed by atoms with E-state index in [2.05, 4.69) is 15.4 Å². The van der Waals surface area contributed by atoms with Gasteiger partial charge in [-0.2, -0.15) is 4.72 Å². The maximum atomic E-state index is 13.2. The second-order valence-electron chi connectivity index (χ2n) is 5.47. The van der Waals surface area contributed by atoms with Crippen molar-refractivity contribution in [1.82, 2.24) is 4.72 Å². The van der Waals surface area contributed by atoms with Gasteiger partial charge in [-0.3, -0.25) is 4.79 Å². The fourth-order valence-electron chi connectivity index (χ4n) is 2.41. The van der Waals surface area contributed by atoms with Gasteiger partial charge in [0.25, 0.3) is 5.91 Å². The third-order valence-electron chi connectivity index (χ3n) is 3.64. The number of sulfonamides is 1. The molecule has 11 heteroatoms. The summed E-state index contributed by atoms with van der Waals surface area (Å²) in [5.41, 5.74) is 5.31. The highest BCUT2D eigenvalue weighted by Gasteiger charge is 2.29. The molecule has 0 spiro atoms. The maximum absolute atomic E-state index is 13.2. The lowest BCUT2D eigenvalue weighted by molar-refractivity contribution is 0.102. The summed E-state index contributed by atoms with van der Waals surface area (Å²) in [6, 6.07) is 5.02. The van der Waals surface area contributed by atoms with Crippen molar-refractivity contribution in [1.29, 1.82) is 0 Å². The quantitative estimate of drug-likeness (QED) is 0.595. The van der Waals surface area contributed by atoms with E-state index in [9.17, 15) is 26.4 Å². The molecular formula is C15H13F3N4O3S. The van der Waals surface area contributed by atoms with E-state index in [-0.39, 0.29) is 28.4 Å². The zero-order valence-electron chi connectivity index (χ0n) is 13.0. The van der Waals surface area contributed by atoms with Gasteiger partial charge in [0, 0.05) is 29.9 Å². The number of hydrogen-bond acceptors (Lipinski definition) is 5. The zero-order valence-corrected chi connectivity index (χ0v) is 13.8. The highest BCUT2D eigenvalue weighted by molar-refractivity contribution is 7.89. The summed E-state index contributed by atoms with van der Waals surface area (Å²) in [6.45, 7) is 0.0165. The number of benzene rings is 2. The summed E-state index contributed by atoms with van der Waals surface area (Å²) < 4.78 is 66.1. The van der Waals surface area contributed by atoms with Gasteiger partial charge in [-0.05, 0) is 18.2 Å². The molecule has 1 heterocycles. The van der Waals surface area contributed by atoms with Crippen LogP contribution in [-0.2, 0) is 10.0 Å². The number of halogens is 3. The van der Waals surface area contributed by atoms with Crippen molar-refractivity contribution in [3.05, 3.63) is 53.3 Å². The third-order valence-corrected chi connectivity index (χ3v) is 5.15. The van der Waals surface area contributed by atoms with Gasteiger partial charge in [-0.15, -0.1) is 0 Å². The number of rotatable bonds is 3. The van der Waals surface area contributed by atoms with Crippen LogP contribution in [0.25, 0.3) is 0 Å². The number of carbonyl (C=O) groups is 1. The molecule has 1 aliphatic heterocycles. The van der Waals surface area contributed by atoms with E-state index in [1.54, 1.807) is 0 Å². The van der Waals surface area contributed by atoms with Gasteiger partial charge in [0.1, 0.15) is 11.1 Å². The van der Waals surface area contributed by atoms with Crippen LogP contribution in [0.1, 0.15) is 10.4 Å². The number of anilines is 2. The normalized spacial score (nSPS) is 17.9. The van der Waals surface area contributed by atoms with Gasteiger partial charge in [-0.25, -0.2) is 21.6 Å². The molecule has 0 aromatic heterocycles. The predicted octanol–water partition coefficient (Wildman–Crippen LogP) is 1.34. The van der Waals surface area contributed by atoms with Gasteiger partial charge < -0.3 is 16.4 Å². The molecule has 0 radical (unpaired) electrons. The van der Waals surface area contributed by atoms with E-state index in [0.29, 0.717) is 12.1 Å². The van der Waals surface area contributed by atoms with Crippen molar-refractivity contribution in [3.63, 3.8) is 0 Å². The average Bonchev–Trinajstić information content (AvgIpc) is 2.58. The van der Waals surface area contributed by atoms with Crippen molar-refractivity contribution < 1.29 is 26.4 Å². The highest BCUT2D eigenvalue weighted by Crippen LogP contribution is 2.27. The molecule has 138 valence electrons. The van der Waals surface area contributed by atoms with Crippen molar-refractivity contribution in [2.75, 3.05) is 17.2 Å². The van der Waals surface area contributed by atoms with Crippen LogP contribution in [0.2, 0.25) is 0 Å². The fourth-order valence-corrected chi connectivity index (χ4v) is 3.77. The second kappa shape index (κ2) is 6.59. The molecule has 0 aliphatic carbocycles. The molecule has 2 aromatic carbocycles. The molecule has 0 bridgehead atoms. The van der Waals surface area contributed by atoms with Crippen LogP contribution in [0.4, 0.5) is 24.5 Å². The molecule has 1 amide bonds. The van der Waals surface area contributed by atoms with Gasteiger partial charge >= 0.3 is 0 Å². The van der Waals surface area contributed by atoms with E-state index in [1.807, 2.05) is 0 Å². The minimum atomic E-state index is -3.89. The lowest BCUT2D eigenvalue weighted by Crippen LogP contribution is -2.48. The Balaban J connectivity index is 1.90. The maximum Gasteiger partial charge on any atom is 0.255 e. The van der Waals surface area contributed by atoms with Crippen LogP contribution in [0.3, 0.4) is 0 Å². The van der Waals surface area contributed by atoms with Crippen LogP contribution in [0.15, 0.2) is 35.2 Å². The minimum Gasteiger partial charge on any atom is -0.367 e. The van der Waals surface area contributed by atoms with Crippen LogP contribution in [0.5, 0.6) is 0 Å². The molecular weight excluding hydrogens is 373 g/mol. The highest BCUT2D eigenvalue weighted by atomic mass is 32.2. The first-order chi connectivity index (χ1) is 12.2. The number of nitrogens with one attached hydrogen (secondary N) is 3. The Morgan fingerprint density at radius 2 is 1.81 bits per heavy atom. The van der Waals surface area contributed by atoms with E-state index in [1.165, 1.54) is 12.1 Å². The molecule has 5 N–H and O–H groups in total. The topological polar surface area (TPSA) is 113 Å². The summed E-state index contributed by atoms with van der Waals surface area (Å²) in [6.07, 6.45) is -0.683. The number of amides is 1. The van der Waals surface area contributed by atoms with Gasteiger partial charge in [0.15, 0.2) is 17.5 Å². The zero-order chi connectivity index (χ0) is 19.1. The number of carbonyl (C=O) groups excluding carboxylic acids is 1. The van der Waals surface area contributed by atoms with Crippen molar-refractivity contribution in [2.24, 2.45) is 5.73 Å². The largest absolute Gasteiger partial charge is 0.367 e. The van der Waals surface area contributed by atoms with Gasteiger partial charge in [-0.1, -0.05) is 0 Å². The van der Waals surface area contributed by atoms with Crippen molar-refractivity contribution in [2.45, 2.75) is 11.1 Å². The molecule has 3 rings (SSSR count). The monoisotopic (exact) mass is 386 g/mol. The summed E-state index contributed by atoms with van der Waals surface area (Å²) in [4.78, 5) is 12.1. The first-order valence-electron chi connectivity index (χ1n) is 7.30. The SMILES string of the molecule is NCC1Nc2ccc(C(=O)Nc3cc(F)c(F)c(F)c3)cc2S(=O)(=O)N1. The van der Waals surface area contributed by atoms with E-state index in [0.717, 1.165) is 6.07 Å². The summed E-state index contributed by atoms with van der Waals surface area (Å²) in [7, 11) is -3.89. The van der Waals surface area contributed by atoms with Gasteiger partial charge in [0.2, 0.25) is 10.0 Å². The smallest absolute Gasteiger partial charge is 0.255 e. The Hall–Kier alpha value is -2.63. The number of hydrogen-bond donors (Lipinski definition) is 4. The van der Waals surface area contributed by atoms with E-state index in [4.69, 9.17) is 5.73 Å². The van der Waals surface area contributed by atoms with Crippen LogP contribution < -0.4 is 21.1 Å². The van der Waals surface area contributed by atoms with Crippen molar-refractivity contribution in [3.8, 4) is 0 Å². The summed E-state index contributed by atoms with van der Waals surface area (Å²) in [5.74, 6) is -5.41. The van der Waals surface area contributed by atoms with Gasteiger partial charge in [0.05, 0.1) is 5.69 Å². The molecule has 1 unspecified atom stereocenters. The molecule has 0 fully saturated rings. The molecule has 0 saturated heterocycles. The molecule has 1 atom stereocenters. The first-order valence-corrected chi connectivity index (χ1v) is 8.78. The molecule has 0 saturated carbocycles. The Bertz CT molecular complexity index is 975. The van der Waals surface area contributed by atoms with Crippen molar-refractivity contribution >= 4 is 27.3 Å². The standard InChI is InChI=1S/C15H13F3N4O3S/c16-9-4-8(5-10(17)14(9)18)20-15(23)7-1-2-11-12(3-7)26(24,25)22-13(6-19)21-11/h1-5,13,21-22H,6,19H2,(H,20,23). The van der Waals surface area contributed by atoms with Crippen LogP contribution in [-0.4, -0.2) is 27.0 Å². The van der Waals surface area contributed by atoms with Crippen LogP contribution >= 0.6 is 0 Å². The fraction of sp³-hybridized carbons (Fsp3) is 0.133. The molecule has 2 aromatic rings. The Morgan fingerprint density at radius 1 is 1.15 bits per heavy atom. The molecule has 26 heavy (non-hydrogen) atoms. The lowest BCUT2D eigenvalue weighted by Gasteiger charge is -2.27. The Morgan fingerprint density at radius 3 is 2.42 bits per heavy atom. The average molecular weight is 386 g/mol. The van der Waals surface area contributed by atoms with E-state index >= 15 is 0 Å². The number of fused-ring (bicyclic) bond motifs is 1. The third kappa shape index (κ3) is 3.36. The summed E-state index contributed by atoms with van der Waals surface area (Å²) in [5, 5.41) is 5.03. The Labute approximate surface area is 146 Å². The molecule has 7 nitrogen and oxygen atoms in total. The predicted molar refractivity (Wildman–Crippen MR) is 87.5 cm³/mol. The number of nitrogens with two attached hydrogens (primary N) is 1. The lowest BCUT2D eigenvalue weighted by atomic mass is 10.1. The summed E-state index contributed by atoms with van der Waals surface area (Å²) >= 11 is 0. The van der Waals surface area contributed by atoms with Crippen LogP contribution in [0, 0.1) is 17.5 Å².